The molecule has 3 nitrogen and oxygen atoms in total. The lowest BCUT2D eigenvalue weighted by molar-refractivity contribution is 0.415. The van der Waals surface area contributed by atoms with Crippen molar-refractivity contribution in [3.63, 3.8) is 0 Å². The molecule has 0 aliphatic rings. The van der Waals surface area contributed by atoms with Crippen molar-refractivity contribution in [2.45, 2.75) is 13.0 Å². The van der Waals surface area contributed by atoms with Gasteiger partial charge in [0.15, 0.2) is 0 Å². The molecule has 2 aromatic rings. The number of hydrogen-bond acceptors (Lipinski definition) is 3. The Balaban J connectivity index is 2.18. The number of nitrogens with one attached hydrogen (secondary N) is 1. The van der Waals surface area contributed by atoms with Crippen molar-refractivity contribution in [2.75, 3.05) is 18.2 Å². The highest BCUT2D eigenvalue weighted by Gasteiger charge is 2.07. The largest absolute Gasteiger partial charge is 0.497 e. The van der Waals surface area contributed by atoms with Gasteiger partial charge in [0.25, 0.3) is 0 Å². The van der Waals surface area contributed by atoms with Crippen LogP contribution in [0.25, 0.3) is 0 Å². The molecule has 0 aliphatic carbocycles. The highest BCUT2D eigenvalue weighted by Crippen LogP contribution is 2.26. The number of nitrogen functional groups attached to an aromatic ring is 1. The van der Waals surface area contributed by atoms with Crippen molar-refractivity contribution >= 4 is 27.3 Å². The second kappa shape index (κ2) is 5.97. The summed E-state index contributed by atoms with van der Waals surface area (Å²) in [5.74, 6) is 0.754. The number of rotatable bonds is 4. The Kier molecular flexibility index (Phi) is 4.32. The Labute approximate surface area is 121 Å². The van der Waals surface area contributed by atoms with E-state index in [9.17, 15) is 0 Å². The monoisotopic (exact) mass is 320 g/mol. The molecule has 0 heterocycles. The third-order valence-corrected chi connectivity index (χ3v) is 3.39. The van der Waals surface area contributed by atoms with E-state index in [2.05, 4.69) is 40.3 Å². The van der Waals surface area contributed by atoms with Crippen molar-refractivity contribution < 1.29 is 4.74 Å². The molecule has 0 amide bonds. The van der Waals surface area contributed by atoms with Gasteiger partial charge in [-0.3, -0.25) is 0 Å². The Morgan fingerprint density at radius 2 is 2.00 bits per heavy atom. The molecule has 1 unspecified atom stereocenters. The van der Waals surface area contributed by atoms with E-state index >= 15 is 0 Å². The predicted molar refractivity (Wildman–Crippen MR) is 83.6 cm³/mol. The van der Waals surface area contributed by atoms with Crippen LogP contribution in [0.2, 0.25) is 0 Å². The Hall–Kier alpha value is -1.68. The first-order valence-electron chi connectivity index (χ1n) is 6.05. The normalized spacial score (nSPS) is 11.9. The maximum absolute atomic E-state index is 5.85. The molecule has 100 valence electrons. The first kappa shape index (κ1) is 13.7. The molecular formula is C15H17BrN2O. The minimum Gasteiger partial charge on any atom is -0.497 e. The van der Waals surface area contributed by atoms with Gasteiger partial charge in [-0.2, -0.15) is 0 Å². The van der Waals surface area contributed by atoms with Gasteiger partial charge < -0.3 is 15.8 Å². The van der Waals surface area contributed by atoms with Gasteiger partial charge >= 0.3 is 0 Å². The van der Waals surface area contributed by atoms with Gasteiger partial charge in [-0.15, -0.1) is 0 Å². The molecule has 0 aromatic heterocycles. The number of nitrogens with two attached hydrogens (primary N) is 1. The predicted octanol–water partition coefficient (Wildman–Crippen LogP) is 4.21. The van der Waals surface area contributed by atoms with Crippen molar-refractivity contribution in [2.24, 2.45) is 0 Å². The van der Waals surface area contributed by atoms with Crippen LogP contribution >= 0.6 is 15.9 Å². The molecule has 0 saturated carbocycles. The molecule has 0 spiro atoms. The lowest BCUT2D eigenvalue weighted by atomic mass is 10.1. The minimum atomic E-state index is 0.184. The minimum absolute atomic E-state index is 0.184. The molecule has 0 fully saturated rings. The van der Waals surface area contributed by atoms with Crippen LogP contribution < -0.4 is 15.8 Å². The average Bonchev–Trinajstić information content (AvgIpc) is 2.38. The quantitative estimate of drug-likeness (QED) is 0.829. The summed E-state index contributed by atoms with van der Waals surface area (Å²) >= 11 is 3.48. The van der Waals surface area contributed by atoms with E-state index in [0.29, 0.717) is 5.69 Å². The maximum Gasteiger partial charge on any atom is 0.122 e. The zero-order valence-corrected chi connectivity index (χ0v) is 12.6. The van der Waals surface area contributed by atoms with E-state index in [0.717, 1.165) is 15.9 Å². The van der Waals surface area contributed by atoms with Crippen LogP contribution in [-0.2, 0) is 0 Å². The van der Waals surface area contributed by atoms with Gasteiger partial charge in [0.1, 0.15) is 5.75 Å². The number of ether oxygens (including phenoxy) is 1. The molecule has 2 aromatic carbocycles. The van der Waals surface area contributed by atoms with Crippen LogP contribution in [0.15, 0.2) is 46.9 Å². The Morgan fingerprint density at radius 1 is 1.21 bits per heavy atom. The van der Waals surface area contributed by atoms with Crippen molar-refractivity contribution in [1.29, 1.82) is 0 Å². The fourth-order valence-corrected chi connectivity index (χ4v) is 2.35. The van der Waals surface area contributed by atoms with Crippen LogP contribution in [0.5, 0.6) is 5.75 Å². The summed E-state index contributed by atoms with van der Waals surface area (Å²) < 4.78 is 6.29. The summed E-state index contributed by atoms with van der Waals surface area (Å²) in [5, 5.41) is 3.42. The molecule has 1 atom stereocenters. The standard InChI is InChI=1S/C15H17BrN2O/c1-10(11-4-3-5-12(16)6-11)18-14-7-13(17)8-15(9-14)19-2/h3-10,18H,17H2,1-2H3. The van der Waals surface area contributed by atoms with Crippen LogP contribution in [0, 0.1) is 0 Å². The molecule has 0 aliphatic heterocycles. The summed E-state index contributed by atoms with van der Waals surface area (Å²) in [6.45, 7) is 2.11. The molecule has 3 N–H and O–H groups in total. The summed E-state index contributed by atoms with van der Waals surface area (Å²) in [5.41, 5.74) is 8.68. The SMILES string of the molecule is COc1cc(N)cc(NC(C)c2cccc(Br)c2)c1. The first-order chi connectivity index (χ1) is 9.08. The molecule has 0 bridgehead atoms. The van der Waals surface area contributed by atoms with E-state index in [1.165, 1.54) is 5.56 Å². The molecular weight excluding hydrogens is 304 g/mol. The van der Waals surface area contributed by atoms with Crippen LogP contribution in [0.1, 0.15) is 18.5 Å². The third kappa shape index (κ3) is 3.64. The van der Waals surface area contributed by atoms with Crippen LogP contribution in [-0.4, -0.2) is 7.11 Å². The number of halogens is 1. The topological polar surface area (TPSA) is 47.3 Å². The fourth-order valence-electron chi connectivity index (χ4n) is 1.93. The summed E-state index contributed by atoms with van der Waals surface area (Å²) in [4.78, 5) is 0. The molecule has 0 saturated heterocycles. The van der Waals surface area contributed by atoms with E-state index in [1.54, 1.807) is 13.2 Å². The van der Waals surface area contributed by atoms with Crippen molar-refractivity contribution in [3.8, 4) is 5.75 Å². The zero-order valence-electron chi connectivity index (χ0n) is 11.0. The zero-order chi connectivity index (χ0) is 13.8. The maximum atomic E-state index is 5.85. The number of hydrogen-bond donors (Lipinski definition) is 2. The molecule has 0 radical (unpaired) electrons. The van der Waals surface area contributed by atoms with Gasteiger partial charge in [0.05, 0.1) is 7.11 Å². The molecule has 2 rings (SSSR count). The highest BCUT2D eigenvalue weighted by molar-refractivity contribution is 9.10. The number of methoxy groups -OCH3 is 1. The second-order valence-electron chi connectivity index (χ2n) is 4.42. The average molecular weight is 321 g/mol. The molecule has 19 heavy (non-hydrogen) atoms. The number of benzene rings is 2. The lowest BCUT2D eigenvalue weighted by Crippen LogP contribution is -2.07. The van der Waals surface area contributed by atoms with Gasteiger partial charge in [-0.1, -0.05) is 28.1 Å². The van der Waals surface area contributed by atoms with Crippen molar-refractivity contribution in [3.05, 3.63) is 52.5 Å². The smallest absolute Gasteiger partial charge is 0.122 e. The number of anilines is 2. The van der Waals surface area contributed by atoms with Gasteiger partial charge in [0.2, 0.25) is 0 Å². The van der Waals surface area contributed by atoms with E-state index < -0.39 is 0 Å². The van der Waals surface area contributed by atoms with Crippen LogP contribution in [0.3, 0.4) is 0 Å². The second-order valence-corrected chi connectivity index (χ2v) is 5.33. The fraction of sp³-hybridized carbons (Fsp3) is 0.200. The van der Waals surface area contributed by atoms with E-state index in [-0.39, 0.29) is 6.04 Å². The Bertz CT molecular complexity index is 572. The van der Waals surface area contributed by atoms with Gasteiger partial charge in [-0.25, -0.2) is 0 Å². The summed E-state index contributed by atoms with van der Waals surface area (Å²) in [7, 11) is 1.64. The Morgan fingerprint density at radius 3 is 2.68 bits per heavy atom. The lowest BCUT2D eigenvalue weighted by Gasteiger charge is -2.17. The highest BCUT2D eigenvalue weighted by atomic mass is 79.9. The third-order valence-electron chi connectivity index (χ3n) is 2.90. The first-order valence-corrected chi connectivity index (χ1v) is 6.84. The summed E-state index contributed by atoms with van der Waals surface area (Å²) in [6, 6.07) is 14.0. The van der Waals surface area contributed by atoms with Crippen molar-refractivity contribution in [1.82, 2.24) is 0 Å². The summed E-state index contributed by atoms with van der Waals surface area (Å²) in [6.07, 6.45) is 0. The van der Waals surface area contributed by atoms with Gasteiger partial charge in [0, 0.05) is 34.0 Å². The van der Waals surface area contributed by atoms with Crippen LogP contribution in [0.4, 0.5) is 11.4 Å². The molecule has 4 heteroatoms. The van der Waals surface area contributed by atoms with Gasteiger partial charge in [-0.05, 0) is 30.7 Å². The van der Waals surface area contributed by atoms with E-state index in [1.807, 2.05) is 24.3 Å². The van der Waals surface area contributed by atoms with E-state index in [4.69, 9.17) is 10.5 Å².